The van der Waals surface area contributed by atoms with Crippen LogP contribution in [0.25, 0.3) is 32.3 Å². The summed E-state index contributed by atoms with van der Waals surface area (Å²) >= 11 is 0.542. The van der Waals surface area contributed by atoms with Gasteiger partial charge in [0.05, 0.1) is 21.0 Å². The summed E-state index contributed by atoms with van der Waals surface area (Å²) in [5.41, 5.74) is -0.925. The maximum Gasteiger partial charge on any atom is 0.200 e. The van der Waals surface area contributed by atoms with Gasteiger partial charge in [0.15, 0.2) is 33.1 Å². The number of rotatable bonds is 4. The first-order valence-electron chi connectivity index (χ1n) is 9.08. The van der Waals surface area contributed by atoms with Gasteiger partial charge in [0, 0.05) is 17.4 Å². The second-order valence-corrected chi connectivity index (χ2v) is 9.90. The lowest BCUT2D eigenvalue weighted by Gasteiger charge is -2.08. The Balaban J connectivity index is 2.08. The molecule has 0 bridgehead atoms. The molecule has 0 aliphatic rings. The van der Waals surface area contributed by atoms with E-state index in [1.807, 2.05) is 0 Å². The number of thiazole rings is 1. The topological polar surface area (TPSA) is 47.0 Å². The minimum absolute atomic E-state index is 0.0185. The first kappa shape index (κ1) is 23.0. The van der Waals surface area contributed by atoms with Gasteiger partial charge in [-0.3, -0.25) is 0 Å². The molecule has 0 amide bonds. The minimum atomic E-state index is -3.78. The second-order valence-electron chi connectivity index (χ2n) is 6.92. The standard InChI is InChI=1S/C22H11F6NO2S2/c1-33(30,31)13-5-3-2-4-12(13)21-20(10-6-8-11(23)9-7-10)29-22(32-21)14-15(24)17(26)19(28)18(27)16(14)25/h2-9H,1H3. The Morgan fingerprint density at radius 1 is 0.758 bits per heavy atom. The van der Waals surface area contributed by atoms with Crippen LogP contribution in [0.3, 0.4) is 0 Å². The third-order valence-electron chi connectivity index (χ3n) is 4.70. The largest absolute Gasteiger partial charge is 0.235 e. The number of halogens is 6. The summed E-state index contributed by atoms with van der Waals surface area (Å²) in [6, 6.07) is 10.4. The maximum atomic E-state index is 14.5. The number of hydrogen-bond acceptors (Lipinski definition) is 4. The predicted octanol–water partition coefficient (Wildman–Crippen LogP) is 6.38. The molecule has 0 saturated carbocycles. The lowest BCUT2D eigenvalue weighted by atomic mass is 10.1. The van der Waals surface area contributed by atoms with Gasteiger partial charge >= 0.3 is 0 Å². The third-order valence-corrected chi connectivity index (χ3v) is 6.96. The SMILES string of the molecule is CS(=O)(=O)c1ccccc1-c1sc(-c2c(F)c(F)c(F)c(F)c2F)nc1-c1ccc(F)cc1. The monoisotopic (exact) mass is 499 g/mol. The summed E-state index contributed by atoms with van der Waals surface area (Å²) in [4.78, 5) is 4.03. The van der Waals surface area contributed by atoms with Crippen LogP contribution in [-0.2, 0) is 9.84 Å². The molecule has 0 N–H and O–H groups in total. The highest BCUT2D eigenvalue weighted by atomic mass is 32.2. The quantitative estimate of drug-likeness (QED) is 0.186. The van der Waals surface area contributed by atoms with E-state index in [1.165, 1.54) is 36.4 Å². The second kappa shape index (κ2) is 8.31. The Hall–Kier alpha value is -3.18. The normalized spacial score (nSPS) is 11.7. The minimum Gasteiger partial charge on any atom is -0.235 e. The molecule has 4 rings (SSSR count). The van der Waals surface area contributed by atoms with Crippen molar-refractivity contribution in [3.63, 3.8) is 0 Å². The fourth-order valence-electron chi connectivity index (χ4n) is 3.18. The molecule has 170 valence electrons. The van der Waals surface area contributed by atoms with E-state index in [2.05, 4.69) is 4.98 Å². The smallest absolute Gasteiger partial charge is 0.200 e. The molecular weight excluding hydrogens is 488 g/mol. The fraction of sp³-hybridized carbons (Fsp3) is 0.0455. The Morgan fingerprint density at radius 2 is 1.30 bits per heavy atom. The fourth-order valence-corrected chi connectivity index (χ4v) is 5.30. The van der Waals surface area contributed by atoms with Crippen molar-refractivity contribution < 1.29 is 34.8 Å². The summed E-state index contributed by atoms with van der Waals surface area (Å²) in [5.74, 6) is -11.3. The van der Waals surface area contributed by atoms with E-state index in [1.54, 1.807) is 0 Å². The van der Waals surface area contributed by atoms with Crippen LogP contribution in [0.2, 0.25) is 0 Å². The van der Waals surface area contributed by atoms with Gasteiger partial charge in [0.25, 0.3) is 0 Å². The Bertz CT molecular complexity index is 1470. The lowest BCUT2D eigenvalue weighted by molar-refractivity contribution is 0.381. The van der Waals surface area contributed by atoms with Gasteiger partial charge in [-0.15, -0.1) is 11.3 Å². The molecule has 33 heavy (non-hydrogen) atoms. The van der Waals surface area contributed by atoms with Gasteiger partial charge < -0.3 is 0 Å². The molecule has 0 saturated heterocycles. The Morgan fingerprint density at radius 3 is 1.88 bits per heavy atom. The average Bonchev–Trinajstić information content (AvgIpc) is 3.21. The zero-order chi connectivity index (χ0) is 24.1. The van der Waals surface area contributed by atoms with Crippen molar-refractivity contribution in [3.05, 3.63) is 83.4 Å². The van der Waals surface area contributed by atoms with Crippen molar-refractivity contribution >= 4 is 21.2 Å². The maximum absolute atomic E-state index is 14.5. The summed E-state index contributed by atoms with van der Waals surface area (Å²) in [6.45, 7) is 0. The molecule has 0 aliphatic carbocycles. The third kappa shape index (κ3) is 4.02. The molecule has 1 heterocycles. The molecule has 4 aromatic rings. The van der Waals surface area contributed by atoms with E-state index >= 15 is 0 Å². The van der Waals surface area contributed by atoms with Gasteiger partial charge in [-0.1, -0.05) is 18.2 Å². The van der Waals surface area contributed by atoms with Crippen LogP contribution in [0.1, 0.15) is 0 Å². The first-order chi connectivity index (χ1) is 15.5. The zero-order valence-corrected chi connectivity index (χ0v) is 18.1. The van der Waals surface area contributed by atoms with E-state index in [-0.39, 0.29) is 26.6 Å². The number of benzene rings is 3. The van der Waals surface area contributed by atoms with Crippen LogP contribution in [0.15, 0.2) is 53.4 Å². The number of sulfone groups is 1. The molecule has 0 atom stereocenters. The molecule has 0 fully saturated rings. The van der Waals surface area contributed by atoms with Crippen molar-refractivity contribution in [1.82, 2.24) is 4.98 Å². The van der Waals surface area contributed by atoms with Crippen molar-refractivity contribution in [2.75, 3.05) is 6.26 Å². The summed E-state index contributed by atoms with van der Waals surface area (Å²) in [7, 11) is -3.78. The van der Waals surface area contributed by atoms with Gasteiger partial charge in [-0.25, -0.2) is 39.7 Å². The van der Waals surface area contributed by atoms with E-state index in [0.717, 1.165) is 18.4 Å². The lowest BCUT2D eigenvalue weighted by Crippen LogP contribution is -2.03. The van der Waals surface area contributed by atoms with Crippen LogP contribution in [0.5, 0.6) is 0 Å². The number of hydrogen-bond donors (Lipinski definition) is 0. The molecule has 0 unspecified atom stereocenters. The highest BCUT2D eigenvalue weighted by Gasteiger charge is 2.30. The molecule has 3 nitrogen and oxygen atoms in total. The van der Waals surface area contributed by atoms with Crippen molar-refractivity contribution in [2.24, 2.45) is 0 Å². The van der Waals surface area contributed by atoms with E-state index in [4.69, 9.17) is 0 Å². The highest BCUT2D eigenvalue weighted by molar-refractivity contribution is 7.90. The molecule has 0 spiro atoms. The zero-order valence-electron chi connectivity index (χ0n) is 16.5. The molecule has 0 radical (unpaired) electrons. The predicted molar refractivity (Wildman–Crippen MR) is 111 cm³/mol. The molecule has 1 aromatic heterocycles. The summed E-state index contributed by atoms with van der Waals surface area (Å²) < 4.78 is 108. The van der Waals surface area contributed by atoms with Crippen LogP contribution in [0.4, 0.5) is 26.3 Å². The van der Waals surface area contributed by atoms with Crippen LogP contribution in [-0.4, -0.2) is 19.7 Å². The van der Waals surface area contributed by atoms with Gasteiger partial charge in [-0.05, 0) is 30.3 Å². The Kier molecular flexibility index (Phi) is 5.79. The van der Waals surface area contributed by atoms with Crippen molar-refractivity contribution in [2.45, 2.75) is 4.90 Å². The average molecular weight is 499 g/mol. The molecule has 3 aromatic carbocycles. The van der Waals surface area contributed by atoms with Crippen LogP contribution >= 0.6 is 11.3 Å². The first-order valence-corrected chi connectivity index (χ1v) is 11.8. The number of aromatic nitrogens is 1. The van der Waals surface area contributed by atoms with Gasteiger partial charge in [0.1, 0.15) is 10.8 Å². The van der Waals surface area contributed by atoms with E-state index in [0.29, 0.717) is 11.3 Å². The molecule has 0 aliphatic heterocycles. The van der Waals surface area contributed by atoms with Crippen LogP contribution < -0.4 is 0 Å². The van der Waals surface area contributed by atoms with Gasteiger partial charge in [-0.2, -0.15) is 0 Å². The highest BCUT2D eigenvalue weighted by Crippen LogP contribution is 2.44. The van der Waals surface area contributed by atoms with E-state index < -0.39 is 55.3 Å². The summed E-state index contributed by atoms with van der Waals surface area (Å²) in [5, 5.41) is -0.569. The van der Waals surface area contributed by atoms with Crippen molar-refractivity contribution in [3.8, 4) is 32.3 Å². The van der Waals surface area contributed by atoms with Crippen LogP contribution in [0, 0.1) is 34.9 Å². The molecule has 11 heteroatoms. The Labute approximate surface area is 187 Å². The molecular formula is C22H11F6NO2S2. The number of nitrogens with zero attached hydrogens (tertiary/aromatic N) is 1. The van der Waals surface area contributed by atoms with E-state index in [9.17, 15) is 34.8 Å². The van der Waals surface area contributed by atoms with Gasteiger partial charge in [0.2, 0.25) is 5.82 Å². The summed E-state index contributed by atoms with van der Waals surface area (Å²) in [6.07, 6.45) is 0.954. The van der Waals surface area contributed by atoms with Crippen molar-refractivity contribution in [1.29, 1.82) is 0 Å².